The van der Waals surface area contributed by atoms with Crippen LogP contribution in [0.25, 0.3) is 0 Å². The van der Waals surface area contributed by atoms with Crippen molar-refractivity contribution < 1.29 is 60.3 Å². The van der Waals surface area contributed by atoms with Gasteiger partial charge in [0.15, 0.2) is 0 Å². The number of carbonyl (C=O) groups excluding carboxylic acids is 3. The lowest BCUT2D eigenvalue weighted by Gasteiger charge is -2.63. The van der Waals surface area contributed by atoms with Crippen LogP contribution in [0.15, 0.2) is 0 Å². The highest BCUT2D eigenvalue weighted by atomic mass is 16.3. The van der Waals surface area contributed by atoms with Crippen LogP contribution in [0.5, 0.6) is 0 Å². The fourth-order valence-electron chi connectivity index (χ4n) is 29.9. The predicted octanol–water partition coefficient (Wildman–Crippen LogP) is 12.4. The summed E-state index contributed by atoms with van der Waals surface area (Å²) in [5.74, 6) is 3.48. The van der Waals surface area contributed by atoms with Crippen molar-refractivity contribution in [2.75, 3.05) is 0 Å². The largest absolute Gasteiger partial charge is 0.393 e. The van der Waals surface area contributed by atoms with E-state index in [9.17, 15) is 60.3 Å². The molecule has 12 aliphatic carbocycles. The van der Waals surface area contributed by atoms with E-state index in [0.29, 0.717) is 96.7 Å². The van der Waals surface area contributed by atoms with E-state index in [0.717, 1.165) is 149 Å². The van der Waals surface area contributed by atoms with E-state index in [-0.39, 0.29) is 175 Å². The minimum Gasteiger partial charge on any atom is -0.393 e. The second-order valence-corrected chi connectivity index (χ2v) is 39.4. The smallest absolute Gasteiger partial charge is 0.220 e. The summed E-state index contributed by atoms with van der Waals surface area (Å²) in [5.41, 5.74) is 5.40. The van der Waals surface area contributed by atoms with Crippen LogP contribution >= 0.6 is 0 Å². The SMILES string of the molecule is CCc1c(CNC(=O)CC[C@@H](C)[C@H]2CC[C@H]3[C@@H]4[C@H](O)C[C@@H]5C[C@H](O)CC[C@]5(C)[C@H]4C[C@H](O)[C@]23C)c(CC)c(CNC(=O)CC[C@@H](C)[C@H]2CC[C@H]3[C@@H]4[C@H](O)C[C@@H]5C[C@H](O)CC[C@]5(C)[C@H]4C[C@H](O)[C@]23C)c(CC)c1CNC(=O)CC[C@@H](C)[C@H]1CC[C@H]2[C@@H]3[C@H](O)C[C@@H]4C[C@H](O)CC[C@]4(C)[C@H]3C[C@H](O)[C@]12C. The number of aliphatic hydroxyl groups excluding tert-OH is 9. The Morgan fingerprint density at radius 2 is 0.608 bits per heavy atom. The van der Waals surface area contributed by atoms with Gasteiger partial charge in [-0.15, -0.1) is 0 Å². The van der Waals surface area contributed by atoms with E-state index >= 15 is 0 Å². The molecule has 33 atom stereocenters. The van der Waals surface area contributed by atoms with Gasteiger partial charge in [0.05, 0.1) is 54.9 Å². The molecule has 15 heteroatoms. The van der Waals surface area contributed by atoms with Gasteiger partial charge in [0.1, 0.15) is 0 Å². The Morgan fingerprint density at radius 1 is 0.353 bits per heavy atom. The quantitative estimate of drug-likeness (QED) is 0.0548. The van der Waals surface area contributed by atoms with E-state index in [4.69, 9.17) is 0 Å². The van der Waals surface area contributed by atoms with Gasteiger partial charge in [0.2, 0.25) is 17.7 Å². The number of rotatable bonds is 21. The monoisotopic (exact) mass is 1420 g/mol. The number of benzene rings is 1. The second kappa shape index (κ2) is 29.6. The number of carbonyl (C=O) groups is 3. The van der Waals surface area contributed by atoms with Crippen LogP contribution in [0.3, 0.4) is 0 Å². The fourth-order valence-corrected chi connectivity index (χ4v) is 29.9. The summed E-state index contributed by atoms with van der Waals surface area (Å²) < 4.78 is 0. The van der Waals surface area contributed by atoms with Crippen LogP contribution < -0.4 is 16.0 Å². The molecule has 12 saturated carbocycles. The average Bonchev–Trinajstić information content (AvgIpc) is 1.40. The number of hydrogen-bond donors (Lipinski definition) is 12. The maximum absolute atomic E-state index is 14.5. The Balaban J connectivity index is 0.690. The second-order valence-electron chi connectivity index (χ2n) is 39.4. The molecule has 12 aliphatic rings. The Bertz CT molecular complexity index is 2840. The van der Waals surface area contributed by atoms with Crippen molar-refractivity contribution in [3.63, 3.8) is 0 Å². The third kappa shape index (κ3) is 12.9. The fraction of sp³-hybridized carbons (Fsp3) is 0.897. The van der Waals surface area contributed by atoms with E-state index in [1.807, 2.05) is 0 Å². The van der Waals surface area contributed by atoms with Crippen molar-refractivity contribution >= 4 is 17.7 Å². The molecule has 102 heavy (non-hydrogen) atoms. The molecular weight excluding hydrogens is 1280 g/mol. The minimum absolute atomic E-state index is 0.00142. The molecule has 1 aromatic rings. The van der Waals surface area contributed by atoms with Gasteiger partial charge < -0.3 is 61.9 Å². The van der Waals surface area contributed by atoms with Crippen LogP contribution in [0.1, 0.15) is 290 Å². The molecule has 1 aromatic carbocycles. The predicted molar refractivity (Wildman–Crippen MR) is 397 cm³/mol. The van der Waals surface area contributed by atoms with E-state index in [1.165, 1.54) is 0 Å². The first-order chi connectivity index (χ1) is 48.3. The summed E-state index contributed by atoms with van der Waals surface area (Å²) in [6.07, 6.45) is 18.7. The van der Waals surface area contributed by atoms with Gasteiger partial charge in [-0.3, -0.25) is 14.4 Å². The van der Waals surface area contributed by atoms with Gasteiger partial charge in [-0.1, -0.05) is 83.1 Å². The third-order valence-electron chi connectivity index (χ3n) is 35.7. The zero-order chi connectivity index (χ0) is 73.2. The normalized spacial score (nSPS) is 47.1. The summed E-state index contributed by atoms with van der Waals surface area (Å²) in [6.45, 7) is 28.2. The number of nitrogens with one attached hydrogen (secondary N) is 3. The van der Waals surface area contributed by atoms with Crippen molar-refractivity contribution in [1.82, 2.24) is 16.0 Å². The molecule has 0 heterocycles. The number of fused-ring (bicyclic) bond motifs is 15. The highest BCUT2D eigenvalue weighted by molar-refractivity contribution is 5.77. The minimum atomic E-state index is -0.500. The van der Waals surface area contributed by atoms with Crippen molar-refractivity contribution in [1.29, 1.82) is 0 Å². The number of aliphatic hydroxyl groups is 9. The first-order valence-electron chi connectivity index (χ1n) is 42.4. The zero-order valence-corrected chi connectivity index (χ0v) is 65.2. The van der Waals surface area contributed by atoms with Gasteiger partial charge in [-0.05, 0) is 346 Å². The molecule has 12 N–H and O–H groups in total. The van der Waals surface area contributed by atoms with Crippen LogP contribution in [-0.2, 0) is 53.3 Å². The Hall–Kier alpha value is -2.73. The maximum atomic E-state index is 14.5. The summed E-state index contributed by atoms with van der Waals surface area (Å²) in [7, 11) is 0. The summed E-state index contributed by atoms with van der Waals surface area (Å²) >= 11 is 0. The Morgan fingerprint density at radius 3 is 0.853 bits per heavy atom. The Kier molecular flexibility index (Phi) is 22.5. The summed E-state index contributed by atoms with van der Waals surface area (Å²) in [6, 6.07) is 0. The third-order valence-corrected chi connectivity index (χ3v) is 35.7. The summed E-state index contributed by atoms with van der Waals surface area (Å²) in [4.78, 5) is 43.5. The van der Waals surface area contributed by atoms with Crippen molar-refractivity contribution in [2.45, 2.75) is 350 Å². The molecule has 12 fully saturated rings. The van der Waals surface area contributed by atoms with E-state index in [1.54, 1.807) is 0 Å². The van der Waals surface area contributed by atoms with Gasteiger partial charge in [-0.25, -0.2) is 0 Å². The molecule has 0 unspecified atom stereocenters. The molecule has 0 spiro atoms. The van der Waals surface area contributed by atoms with Crippen molar-refractivity contribution in [3.05, 3.63) is 33.4 Å². The zero-order valence-electron chi connectivity index (χ0n) is 65.2. The van der Waals surface area contributed by atoms with Gasteiger partial charge in [-0.2, -0.15) is 0 Å². The molecule has 0 saturated heterocycles. The lowest BCUT2D eigenvalue weighted by Crippen LogP contribution is -2.62. The van der Waals surface area contributed by atoms with E-state index in [2.05, 4.69) is 99.0 Å². The van der Waals surface area contributed by atoms with Crippen LogP contribution in [0, 0.1) is 139 Å². The van der Waals surface area contributed by atoms with Gasteiger partial charge in [0.25, 0.3) is 0 Å². The van der Waals surface area contributed by atoms with Crippen LogP contribution in [0.2, 0.25) is 0 Å². The van der Waals surface area contributed by atoms with Crippen molar-refractivity contribution in [2.24, 2.45) is 139 Å². The lowest BCUT2D eigenvalue weighted by atomic mass is 9.43. The highest BCUT2D eigenvalue weighted by Gasteiger charge is 2.69. The average molecular weight is 1420 g/mol. The standard InChI is InChI=1S/C87H141N3O12/c1-13-55-58(43-88-76(100)25-16-46(4)61-19-22-64-79-67(40-73(97)85(61,64)10)82(7)31-28-52(91)34-49(82)37-70(79)94)56(14-2)60(45-90-78(102)27-18-48(6)63-21-24-66-81-69(42-75(99)87(63,66)12)84(9)33-30-54(93)36-51(84)39-72(81)96)57(15-3)59(55)44-89-77(101)26-17-47(5)62-20-23-65-80-68(41-74(98)86(62,65)11)83(8)32-29-53(92)35-50(83)38-71(80)95/h46-54,61-75,79-81,91-99H,13-45H2,1-12H3,(H,88,100)(H,89,101)(H,90,102)/t46-,47-,48-,49+,50+,51+,52-,53-,54-,61-,62-,63-,64+,65+,66+,67+,68+,69+,70-,71-,72-,73+,74+,75+,79+,80+,81+,82+,83+,84+,85-,86-,87-/m1/s1. The molecule has 0 bridgehead atoms. The first kappa shape index (κ1) is 77.4. The molecule has 0 radical (unpaired) electrons. The molecule has 3 amide bonds. The number of amides is 3. The Labute approximate surface area is 613 Å². The topological polar surface area (TPSA) is 269 Å². The van der Waals surface area contributed by atoms with Crippen LogP contribution in [-0.4, -0.2) is 119 Å². The molecule has 0 aliphatic heterocycles. The van der Waals surface area contributed by atoms with Crippen LogP contribution in [0.4, 0.5) is 0 Å². The van der Waals surface area contributed by atoms with Crippen molar-refractivity contribution in [3.8, 4) is 0 Å². The van der Waals surface area contributed by atoms with Gasteiger partial charge in [0, 0.05) is 38.9 Å². The highest BCUT2D eigenvalue weighted by Crippen LogP contribution is 2.72. The molecule has 13 rings (SSSR count). The molecule has 15 nitrogen and oxygen atoms in total. The first-order valence-corrected chi connectivity index (χ1v) is 42.4. The summed E-state index contributed by atoms with van der Waals surface area (Å²) in [5, 5.41) is 115. The lowest BCUT2D eigenvalue weighted by molar-refractivity contribution is -0.207. The molecule has 576 valence electrons. The van der Waals surface area contributed by atoms with E-state index < -0.39 is 36.6 Å². The number of hydrogen-bond acceptors (Lipinski definition) is 12. The molecule has 0 aromatic heterocycles. The molecular formula is C87H141N3O12. The van der Waals surface area contributed by atoms with Gasteiger partial charge >= 0.3 is 0 Å². The maximum Gasteiger partial charge on any atom is 0.220 e.